The van der Waals surface area contributed by atoms with Crippen LogP contribution in [0.4, 0.5) is 0 Å². The second-order valence-electron chi connectivity index (χ2n) is 4.02. The van der Waals surface area contributed by atoms with E-state index in [0.717, 1.165) is 5.56 Å². The van der Waals surface area contributed by atoms with Crippen molar-refractivity contribution < 1.29 is 14.7 Å². The van der Waals surface area contributed by atoms with Crippen LogP contribution in [0.5, 0.6) is 0 Å². The molecule has 19 heavy (non-hydrogen) atoms. The van der Waals surface area contributed by atoms with Crippen LogP contribution in [0.25, 0.3) is 0 Å². The Morgan fingerprint density at radius 2 is 1.84 bits per heavy atom. The molecule has 98 valence electrons. The van der Waals surface area contributed by atoms with Crippen LogP contribution in [0, 0.1) is 0 Å². The maximum atomic E-state index is 11.7. The van der Waals surface area contributed by atoms with Crippen LogP contribution >= 0.6 is 11.3 Å². The van der Waals surface area contributed by atoms with Gasteiger partial charge in [-0.3, -0.25) is 4.79 Å². The number of hydrogen-bond donors (Lipinski definition) is 2. The van der Waals surface area contributed by atoms with E-state index < -0.39 is 5.97 Å². The van der Waals surface area contributed by atoms with Crippen molar-refractivity contribution in [3.05, 3.63) is 57.8 Å². The van der Waals surface area contributed by atoms with Crippen molar-refractivity contribution in [1.29, 1.82) is 0 Å². The summed E-state index contributed by atoms with van der Waals surface area (Å²) >= 11 is 1.49. The van der Waals surface area contributed by atoms with Gasteiger partial charge in [0.05, 0.1) is 5.56 Å². The monoisotopic (exact) mass is 275 g/mol. The molecule has 4 nitrogen and oxygen atoms in total. The smallest absolute Gasteiger partial charge is 0.335 e. The number of aromatic carboxylic acids is 1. The van der Waals surface area contributed by atoms with Gasteiger partial charge < -0.3 is 10.4 Å². The molecule has 1 aromatic carbocycles. The van der Waals surface area contributed by atoms with Gasteiger partial charge in [0.15, 0.2) is 0 Å². The number of carboxylic acid groups (broad SMARTS) is 1. The zero-order valence-electron chi connectivity index (χ0n) is 10.1. The Kier molecular flexibility index (Phi) is 4.30. The first-order chi connectivity index (χ1) is 9.16. The van der Waals surface area contributed by atoms with E-state index in [9.17, 15) is 9.59 Å². The first-order valence-corrected chi connectivity index (χ1v) is 6.74. The minimum atomic E-state index is -0.933. The van der Waals surface area contributed by atoms with E-state index in [1.165, 1.54) is 11.3 Å². The van der Waals surface area contributed by atoms with Gasteiger partial charge in [-0.2, -0.15) is 11.3 Å². The van der Waals surface area contributed by atoms with E-state index in [-0.39, 0.29) is 11.5 Å². The topological polar surface area (TPSA) is 66.4 Å². The highest BCUT2D eigenvalue weighted by atomic mass is 32.1. The third-order valence-corrected chi connectivity index (χ3v) is 3.37. The number of carbonyl (C=O) groups is 2. The van der Waals surface area contributed by atoms with Gasteiger partial charge in [-0.1, -0.05) is 12.1 Å². The second-order valence-corrected chi connectivity index (χ2v) is 4.80. The third-order valence-electron chi connectivity index (χ3n) is 2.68. The Balaban J connectivity index is 1.82. The summed E-state index contributed by atoms with van der Waals surface area (Å²) < 4.78 is 0. The number of carboxylic acids is 1. The molecule has 1 amide bonds. The zero-order valence-corrected chi connectivity index (χ0v) is 10.9. The fourth-order valence-corrected chi connectivity index (χ4v) is 2.27. The van der Waals surface area contributed by atoms with Crippen molar-refractivity contribution in [1.82, 2.24) is 5.32 Å². The molecule has 1 heterocycles. The Bertz CT molecular complexity index is 561. The van der Waals surface area contributed by atoms with E-state index in [4.69, 9.17) is 5.11 Å². The van der Waals surface area contributed by atoms with Crippen molar-refractivity contribution in [2.45, 2.75) is 6.42 Å². The zero-order chi connectivity index (χ0) is 13.7. The lowest BCUT2D eigenvalue weighted by Crippen LogP contribution is -2.25. The molecule has 2 rings (SSSR count). The van der Waals surface area contributed by atoms with Crippen molar-refractivity contribution in [2.24, 2.45) is 0 Å². The van der Waals surface area contributed by atoms with Gasteiger partial charge in [0, 0.05) is 17.5 Å². The van der Waals surface area contributed by atoms with Crippen LogP contribution < -0.4 is 5.32 Å². The molecule has 0 aliphatic rings. The molecule has 1 aromatic heterocycles. The van der Waals surface area contributed by atoms with Crippen LogP contribution in [0.15, 0.2) is 41.1 Å². The maximum absolute atomic E-state index is 11.7. The van der Waals surface area contributed by atoms with Crippen LogP contribution in [0.2, 0.25) is 0 Å². The van der Waals surface area contributed by atoms with Crippen molar-refractivity contribution in [2.75, 3.05) is 6.54 Å². The molecule has 0 atom stereocenters. The van der Waals surface area contributed by atoms with Gasteiger partial charge in [0.2, 0.25) is 0 Å². The van der Waals surface area contributed by atoms with Crippen molar-refractivity contribution >= 4 is 23.2 Å². The summed E-state index contributed by atoms with van der Waals surface area (Å²) in [5, 5.41) is 15.3. The molecule has 0 aliphatic carbocycles. The molecule has 2 aromatic rings. The number of rotatable bonds is 5. The largest absolute Gasteiger partial charge is 0.478 e. The van der Waals surface area contributed by atoms with E-state index in [1.54, 1.807) is 35.7 Å². The standard InChI is InChI=1S/C14H13NO3S/c16-13(12-6-8-19-9-12)15-7-5-10-1-3-11(4-2-10)14(17)18/h1-4,6,8-9H,5,7H2,(H,15,16)(H,17,18). The van der Waals surface area contributed by atoms with Gasteiger partial charge in [-0.15, -0.1) is 0 Å². The molecular formula is C14H13NO3S. The summed E-state index contributed by atoms with van der Waals surface area (Å²) in [6.07, 6.45) is 0.676. The number of hydrogen-bond acceptors (Lipinski definition) is 3. The number of thiophene rings is 1. The van der Waals surface area contributed by atoms with Gasteiger partial charge in [0.25, 0.3) is 5.91 Å². The highest BCUT2D eigenvalue weighted by molar-refractivity contribution is 7.08. The van der Waals surface area contributed by atoms with E-state index in [1.807, 2.05) is 5.38 Å². The quantitative estimate of drug-likeness (QED) is 0.880. The van der Waals surface area contributed by atoms with E-state index >= 15 is 0 Å². The first-order valence-electron chi connectivity index (χ1n) is 5.79. The summed E-state index contributed by atoms with van der Waals surface area (Å²) in [5.41, 5.74) is 1.94. The number of amides is 1. The molecule has 0 saturated heterocycles. The lowest BCUT2D eigenvalue weighted by Gasteiger charge is -2.04. The molecular weight excluding hydrogens is 262 g/mol. The molecule has 5 heteroatoms. The summed E-state index contributed by atoms with van der Waals surface area (Å²) in [7, 11) is 0. The predicted molar refractivity (Wildman–Crippen MR) is 73.8 cm³/mol. The van der Waals surface area contributed by atoms with E-state index in [0.29, 0.717) is 18.5 Å². The van der Waals surface area contributed by atoms with Gasteiger partial charge in [-0.25, -0.2) is 4.79 Å². The lowest BCUT2D eigenvalue weighted by atomic mass is 10.1. The second kappa shape index (κ2) is 6.15. The number of carbonyl (C=O) groups excluding carboxylic acids is 1. The molecule has 2 N–H and O–H groups in total. The molecule has 0 radical (unpaired) electrons. The molecule has 0 spiro atoms. The highest BCUT2D eigenvalue weighted by Gasteiger charge is 2.05. The van der Waals surface area contributed by atoms with Crippen LogP contribution in [-0.2, 0) is 6.42 Å². The van der Waals surface area contributed by atoms with Crippen molar-refractivity contribution in [3.63, 3.8) is 0 Å². The minimum absolute atomic E-state index is 0.0802. The Hall–Kier alpha value is -2.14. The number of benzene rings is 1. The third kappa shape index (κ3) is 3.66. The summed E-state index contributed by atoms with van der Waals surface area (Å²) in [6.45, 7) is 0.529. The normalized spacial score (nSPS) is 10.1. The number of nitrogens with one attached hydrogen (secondary N) is 1. The molecule has 0 fully saturated rings. The molecule has 0 bridgehead atoms. The SMILES string of the molecule is O=C(O)c1ccc(CCNC(=O)c2ccsc2)cc1. The van der Waals surface area contributed by atoms with Gasteiger partial charge >= 0.3 is 5.97 Å². The molecule has 0 unspecified atom stereocenters. The summed E-state index contributed by atoms with van der Waals surface area (Å²) in [6, 6.07) is 8.44. The van der Waals surface area contributed by atoms with E-state index in [2.05, 4.69) is 5.32 Å². The highest BCUT2D eigenvalue weighted by Crippen LogP contribution is 2.06. The fraction of sp³-hybridized carbons (Fsp3) is 0.143. The molecule has 0 aliphatic heterocycles. The van der Waals surface area contributed by atoms with Gasteiger partial charge in [-0.05, 0) is 35.6 Å². The van der Waals surface area contributed by atoms with Crippen molar-refractivity contribution in [3.8, 4) is 0 Å². The first kappa shape index (κ1) is 13.3. The maximum Gasteiger partial charge on any atom is 0.335 e. The van der Waals surface area contributed by atoms with Crippen LogP contribution in [-0.4, -0.2) is 23.5 Å². The fourth-order valence-electron chi connectivity index (χ4n) is 1.63. The average Bonchev–Trinajstić information content (AvgIpc) is 2.93. The molecule has 0 saturated carbocycles. The lowest BCUT2D eigenvalue weighted by molar-refractivity contribution is 0.0696. The van der Waals surface area contributed by atoms with Gasteiger partial charge in [0.1, 0.15) is 0 Å². The Morgan fingerprint density at radius 3 is 2.42 bits per heavy atom. The Morgan fingerprint density at radius 1 is 1.11 bits per heavy atom. The predicted octanol–water partition coefficient (Wildman–Crippen LogP) is 2.42. The summed E-state index contributed by atoms with van der Waals surface area (Å²) in [5.74, 6) is -1.01. The van der Waals surface area contributed by atoms with Crippen LogP contribution in [0.1, 0.15) is 26.3 Å². The Labute approximate surface area is 114 Å². The van der Waals surface area contributed by atoms with Crippen LogP contribution in [0.3, 0.4) is 0 Å². The summed E-state index contributed by atoms with van der Waals surface area (Å²) in [4.78, 5) is 22.3. The minimum Gasteiger partial charge on any atom is -0.478 e. The average molecular weight is 275 g/mol.